The molecule has 15 heavy (non-hydrogen) atoms. The Labute approximate surface area is 90.6 Å². The second kappa shape index (κ2) is 4.51. The summed E-state index contributed by atoms with van der Waals surface area (Å²) in [6, 6.07) is 5.77. The maximum Gasteiger partial charge on any atom is 0.137 e. The van der Waals surface area contributed by atoms with Gasteiger partial charge in [0.05, 0.1) is 0 Å². The van der Waals surface area contributed by atoms with Gasteiger partial charge in [-0.05, 0) is 29.2 Å². The van der Waals surface area contributed by atoms with Crippen LogP contribution < -0.4 is 16.9 Å². The van der Waals surface area contributed by atoms with Gasteiger partial charge in [0.15, 0.2) is 0 Å². The van der Waals surface area contributed by atoms with E-state index in [4.69, 9.17) is 11.6 Å². The van der Waals surface area contributed by atoms with Crippen LogP contribution in [0.5, 0.6) is 0 Å². The maximum atomic E-state index is 5.77. The molecule has 0 aliphatic rings. The molecule has 0 fully saturated rings. The van der Waals surface area contributed by atoms with E-state index in [1.165, 1.54) is 0 Å². The van der Waals surface area contributed by atoms with E-state index in [0.29, 0.717) is 0 Å². The number of nitrogens with one attached hydrogen (secondary N) is 1. The lowest BCUT2D eigenvalue weighted by Crippen LogP contribution is -2.17. The van der Waals surface area contributed by atoms with E-state index < -0.39 is 0 Å². The van der Waals surface area contributed by atoms with Crippen LogP contribution in [0.4, 0.5) is 11.4 Å². The highest BCUT2D eigenvalue weighted by atomic mass is 16.6. The van der Waals surface area contributed by atoms with Crippen molar-refractivity contribution in [2.24, 2.45) is 5.90 Å². The molecule has 0 saturated carbocycles. The Hall–Kier alpha value is -1.26. The monoisotopic (exact) mass is 209 g/mol. The number of rotatable bonds is 3. The van der Waals surface area contributed by atoms with Gasteiger partial charge in [-0.1, -0.05) is 20.8 Å². The van der Waals surface area contributed by atoms with Gasteiger partial charge in [0.2, 0.25) is 0 Å². The zero-order chi connectivity index (χ0) is 11.5. The summed E-state index contributed by atoms with van der Waals surface area (Å²) in [5.41, 5.74) is 8.72. The Balaban J connectivity index is 3.04. The number of nitrogens with two attached hydrogens (primary N) is 2. The summed E-state index contributed by atoms with van der Waals surface area (Å²) < 4.78 is 0. The van der Waals surface area contributed by atoms with E-state index in [-0.39, 0.29) is 12.1 Å². The van der Waals surface area contributed by atoms with Gasteiger partial charge in [-0.2, -0.15) is 0 Å². The third-order valence-electron chi connectivity index (χ3n) is 2.20. The molecule has 0 aliphatic heterocycles. The standard InChI is InChI=1S/C11H19N3O/c1-11(2,3)9-6-8(12)4-5-10(9)14-7-15-13/h4-6,14H,7,12-13H2,1-3H3. The minimum absolute atomic E-state index is 0.0340. The van der Waals surface area contributed by atoms with Crippen molar-refractivity contribution in [1.29, 1.82) is 0 Å². The first kappa shape index (κ1) is 11.8. The first-order chi connectivity index (χ1) is 6.95. The summed E-state index contributed by atoms with van der Waals surface area (Å²) in [7, 11) is 0. The van der Waals surface area contributed by atoms with Gasteiger partial charge in [0.1, 0.15) is 6.73 Å². The van der Waals surface area contributed by atoms with Crippen LogP contribution in [-0.4, -0.2) is 6.73 Å². The van der Waals surface area contributed by atoms with Crippen molar-refractivity contribution in [3.05, 3.63) is 23.8 Å². The fraction of sp³-hybridized carbons (Fsp3) is 0.455. The van der Waals surface area contributed by atoms with Crippen LogP contribution in [0.2, 0.25) is 0 Å². The lowest BCUT2D eigenvalue weighted by Gasteiger charge is -2.23. The average molecular weight is 209 g/mol. The Kier molecular flexibility index (Phi) is 3.55. The van der Waals surface area contributed by atoms with E-state index in [9.17, 15) is 0 Å². The molecule has 0 amide bonds. The lowest BCUT2D eigenvalue weighted by molar-refractivity contribution is 0.157. The largest absolute Gasteiger partial charge is 0.399 e. The van der Waals surface area contributed by atoms with Gasteiger partial charge in [-0.25, -0.2) is 5.90 Å². The fourth-order valence-electron chi connectivity index (χ4n) is 1.46. The Bertz CT molecular complexity index is 331. The maximum absolute atomic E-state index is 5.77. The molecule has 4 nitrogen and oxygen atoms in total. The highest BCUT2D eigenvalue weighted by Crippen LogP contribution is 2.31. The highest BCUT2D eigenvalue weighted by molar-refractivity contribution is 5.60. The second-order valence-corrected chi connectivity index (χ2v) is 4.54. The number of benzene rings is 1. The van der Waals surface area contributed by atoms with E-state index in [0.717, 1.165) is 16.9 Å². The van der Waals surface area contributed by atoms with Crippen molar-refractivity contribution in [2.75, 3.05) is 17.8 Å². The number of nitrogen functional groups attached to an aromatic ring is 1. The molecule has 0 saturated heterocycles. The van der Waals surface area contributed by atoms with E-state index in [1.54, 1.807) is 0 Å². The molecule has 0 radical (unpaired) electrons. The van der Waals surface area contributed by atoms with Crippen LogP contribution in [0.3, 0.4) is 0 Å². The Morgan fingerprint density at radius 3 is 2.53 bits per heavy atom. The van der Waals surface area contributed by atoms with Gasteiger partial charge < -0.3 is 11.1 Å². The van der Waals surface area contributed by atoms with Crippen LogP contribution in [-0.2, 0) is 10.3 Å². The third kappa shape index (κ3) is 3.11. The van der Waals surface area contributed by atoms with Gasteiger partial charge in [0.25, 0.3) is 0 Å². The van der Waals surface area contributed by atoms with Crippen LogP contribution >= 0.6 is 0 Å². The molecule has 0 atom stereocenters. The highest BCUT2D eigenvalue weighted by Gasteiger charge is 2.17. The smallest absolute Gasteiger partial charge is 0.137 e. The molecular formula is C11H19N3O. The van der Waals surface area contributed by atoms with Gasteiger partial charge in [-0.3, -0.25) is 4.84 Å². The molecular weight excluding hydrogens is 190 g/mol. The zero-order valence-electron chi connectivity index (χ0n) is 9.50. The summed E-state index contributed by atoms with van der Waals surface area (Å²) >= 11 is 0. The molecule has 4 heteroatoms. The number of anilines is 2. The number of hydrogen-bond acceptors (Lipinski definition) is 4. The molecule has 0 spiro atoms. The van der Waals surface area contributed by atoms with Crippen molar-refractivity contribution in [2.45, 2.75) is 26.2 Å². The van der Waals surface area contributed by atoms with Crippen molar-refractivity contribution >= 4 is 11.4 Å². The summed E-state index contributed by atoms with van der Waals surface area (Å²) in [4.78, 5) is 4.50. The molecule has 1 rings (SSSR count). The third-order valence-corrected chi connectivity index (χ3v) is 2.20. The van der Waals surface area contributed by atoms with Crippen LogP contribution in [0, 0.1) is 0 Å². The van der Waals surface area contributed by atoms with Crippen LogP contribution in [0.15, 0.2) is 18.2 Å². The first-order valence-electron chi connectivity index (χ1n) is 4.90. The molecule has 84 valence electrons. The molecule has 0 aliphatic carbocycles. The molecule has 0 unspecified atom stereocenters. The van der Waals surface area contributed by atoms with E-state index in [1.807, 2.05) is 18.2 Å². The van der Waals surface area contributed by atoms with Crippen molar-refractivity contribution in [3.63, 3.8) is 0 Å². The van der Waals surface area contributed by atoms with Crippen molar-refractivity contribution in [3.8, 4) is 0 Å². The summed E-state index contributed by atoms with van der Waals surface area (Å²) in [5.74, 6) is 4.98. The molecule has 0 heterocycles. The topological polar surface area (TPSA) is 73.3 Å². The normalized spacial score (nSPS) is 11.5. The summed E-state index contributed by atoms with van der Waals surface area (Å²) in [5, 5.41) is 3.09. The van der Waals surface area contributed by atoms with Crippen molar-refractivity contribution < 1.29 is 4.84 Å². The minimum atomic E-state index is 0.0340. The van der Waals surface area contributed by atoms with Gasteiger partial charge in [0, 0.05) is 11.4 Å². The predicted octanol–water partition coefficient (Wildman–Crippen LogP) is 1.83. The van der Waals surface area contributed by atoms with Gasteiger partial charge >= 0.3 is 0 Å². The molecule has 1 aromatic rings. The Morgan fingerprint density at radius 2 is 2.00 bits per heavy atom. The van der Waals surface area contributed by atoms with E-state index >= 15 is 0 Å². The van der Waals surface area contributed by atoms with E-state index in [2.05, 4.69) is 30.9 Å². The van der Waals surface area contributed by atoms with Crippen LogP contribution in [0.1, 0.15) is 26.3 Å². The minimum Gasteiger partial charge on any atom is -0.399 e. The van der Waals surface area contributed by atoms with Crippen molar-refractivity contribution in [1.82, 2.24) is 0 Å². The quantitative estimate of drug-likeness (QED) is 0.403. The SMILES string of the molecule is CC(C)(C)c1cc(N)ccc1NCON. The number of hydrogen-bond donors (Lipinski definition) is 3. The molecule has 0 aromatic heterocycles. The summed E-state index contributed by atoms with van der Waals surface area (Å²) in [6.45, 7) is 6.69. The summed E-state index contributed by atoms with van der Waals surface area (Å²) in [6.07, 6.45) is 0. The predicted molar refractivity (Wildman–Crippen MR) is 63.3 cm³/mol. The molecule has 0 bridgehead atoms. The fourth-order valence-corrected chi connectivity index (χ4v) is 1.46. The molecule has 5 N–H and O–H groups in total. The zero-order valence-corrected chi connectivity index (χ0v) is 9.50. The van der Waals surface area contributed by atoms with Crippen LogP contribution in [0.25, 0.3) is 0 Å². The van der Waals surface area contributed by atoms with Gasteiger partial charge in [-0.15, -0.1) is 0 Å². The first-order valence-corrected chi connectivity index (χ1v) is 4.90. The Morgan fingerprint density at radius 1 is 1.33 bits per heavy atom. The lowest BCUT2D eigenvalue weighted by atomic mass is 9.85. The second-order valence-electron chi connectivity index (χ2n) is 4.54. The molecule has 1 aromatic carbocycles. The average Bonchev–Trinajstić information content (AvgIpc) is 2.14.